The van der Waals surface area contributed by atoms with Crippen molar-refractivity contribution in [3.8, 4) is 0 Å². The van der Waals surface area contributed by atoms with Crippen molar-refractivity contribution >= 4 is 39.1 Å². The molecule has 28 heavy (non-hydrogen) atoms. The summed E-state index contributed by atoms with van der Waals surface area (Å²) >= 11 is 1.19. The Morgan fingerprint density at radius 3 is 2.64 bits per heavy atom. The molecule has 0 saturated carbocycles. The number of carbonyl (C=O) groups is 2. The minimum absolute atomic E-state index is 0.106. The highest BCUT2D eigenvalue weighted by atomic mass is 32.1. The lowest BCUT2D eigenvalue weighted by Crippen LogP contribution is -2.23. The second-order valence-electron chi connectivity index (χ2n) is 5.85. The summed E-state index contributed by atoms with van der Waals surface area (Å²) in [5.41, 5.74) is 1.17. The maximum Gasteiger partial charge on any atom is 0.326 e. The summed E-state index contributed by atoms with van der Waals surface area (Å²) in [5.74, 6) is -0.879. The molecule has 0 spiro atoms. The van der Waals surface area contributed by atoms with Crippen LogP contribution in [-0.2, 0) is 27.3 Å². The first-order valence-electron chi connectivity index (χ1n) is 8.53. The molecule has 1 aromatic heterocycles. The van der Waals surface area contributed by atoms with Crippen molar-refractivity contribution in [1.82, 2.24) is 4.57 Å². The van der Waals surface area contributed by atoms with Gasteiger partial charge in [-0.15, -0.1) is 0 Å². The fraction of sp³-hybridized carbons (Fsp3) is 0.211. The maximum atomic E-state index is 12.4. The number of rotatable bonds is 6. The molecule has 0 aliphatic rings. The molecule has 2 aromatic carbocycles. The standard InChI is InChI=1S/C19H17N3O5S/c1-2-27-18(24)12-21-15-11-14(22(25)26)8-9-16(15)28-19(21)20-17(23)10-13-6-4-3-5-7-13/h3-9,11H,2,10,12H2,1H3. The second-order valence-corrected chi connectivity index (χ2v) is 6.86. The third-order valence-corrected chi connectivity index (χ3v) is 4.95. The van der Waals surface area contributed by atoms with Gasteiger partial charge in [0.2, 0.25) is 0 Å². The van der Waals surface area contributed by atoms with Crippen LogP contribution in [0, 0.1) is 10.1 Å². The molecule has 0 saturated heterocycles. The van der Waals surface area contributed by atoms with E-state index in [1.807, 2.05) is 30.3 Å². The van der Waals surface area contributed by atoms with Gasteiger partial charge in [-0.2, -0.15) is 4.99 Å². The Balaban J connectivity index is 2.05. The van der Waals surface area contributed by atoms with Crippen molar-refractivity contribution in [3.63, 3.8) is 0 Å². The quantitative estimate of drug-likeness (QED) is 0.360. The predicted molar refractivity (Wildman–Crippen MR) is 104 cm³/mol. The van der Waals surface area contributed by atoms with E-state index in [-0.39, 0.29) is 31.2 Å². The van der Waals surface area contributed by atoms with E-state index in [2.05, 4.69) is 4.99 Å². The first kappa shape index (κ1) is 19.4. The van der Waals surface area contributed by atoms with Gasteiger partial charge in [-0.05, 0) is 18.6 Å². The maximum absolute atomic E-state index is 12.4. The van der Waals surface area contributed by atoms with Gasteiger partial charge >= 0.3 is 5.97 Å². The van der Waals surface area contributed by atoms with Crippen LogP contribution in [0.15, 0.2) is 53.5 Å². The van der Waals surface area contributed by atoms with Crippen LogP contribution in [0.4, 0.5) is 5.69 Å². The molecule has 1 heterocycles. The Hall–Kier alpha value is -3.33. The van der Waals surface area contributed by atoms with Crippen LogP contribution >= 0.6 is 11.3 Å². The highest BCUT2D eigenvalue weighted by molar-refractivity contribution is 7.16. The summed E-state index contributed by atoms with van der Waals surface area (Å²) in [4.78, 5) is 39.4. The van der Waals surface area contributed by atoms with Crippen molar-refractivity contribution < 1.29 is 19.2 Å². The number of non-ortho nitro benzene ring substituents is 1. The minimum atomic E-state index is -0.511. The van der Waals surface area contributed by atoms with Gasteiger partial charge in [-0.1, -0.05) is 41.7 Å². The lowest BCUT2D eigenvalue weighted by Gasteiger charge is -2.05. The Kier molecular flexibility index (Phi) is 5.95. The number of aromatic nitrogens is 1. The average molecular weight is 399 g/mol. The van der Waals surface area contributed by atoms with Gasteiger partial charge in [-0.25, -0.2) is 0 Å². The molecule has 0 atom stereocenters. The Morgan fingerprint density at radius 2 is 1.96 bits per heavy atom. The number of ether oxygens (including phenoxy) is 1. The van der Waals surface area contributed by atoms with E-state index in [0.717, 1.165) is 5.56 Å². The topological polar surface area (TPSA) is 104 Å². The fourth-order valence-electron chi connectivity index (χ4n) is 2.66. The van der Waals surface area contributed by atoms with Crippen LogP contribution < -0.4 is 4.80 Å². The van der Waals surface area contributed by atoms with E-state index in [1.165, 1.54) is 28.0 Å². The number of benzene rings is 2. The van der Waals surface area contributed by atoms with Crippen LogP contribution in [0.5, 0.6) is 0 Å². The SMILES string of the molecule is CCOC(=O)Cn1c(=NC(=O)Cc2ccccc2)sc2ccc([N+](=O)[O-])cc21. The Morgan fingerprint density at radius 1 is 1.21 bits per heavy atom. The van der Waals surface area contributed by atoms with Gasteiger partial charge in [0.25, 0.3) is 11.6 Å². The second kappa shape index (κ2) is 8.57. The number of fused-ring (bicyclic) bond motifs is 1. The third kappa shape index (κ3) is 4.49. The van der Waals surface area contributed by atoms with E-state index in [1.54, 1.807) is 13.0 Å². The number of nitro benzene ring substituents is 1. The van der Waals surface area contributed by atoms with Crippen LogP contribution in [-0.4, -0.2) is 28.0 Å². The minimum Gasteiger partial charge on any atom is -0.465 e. The molecule has 3 aromatic rings. The first-order chi connectivity index (χ1) is 13.5. The highest BCUT2D eigenvalue weighted by Gasteiger charge is 2.15. The molecule has 0 radical (unpaired) electrons. The zero-order valence-corrected chi connectivity index (χ0v) is 15.8. The molecule has 9 heteroatoms. The fourth-order valence-corrected chi connectivity index (χ4v) is 3.69. The van der Waals surface area contributed by atoms with Crippen molar-refractivity contribution in [2.75, 3.05) is 6.61 Å². The lowest BCUT2D eigenvalue weighted by atomic mass is 10.1. The molecule has 0 unspecified atom stereocenters. The molecule has 0 aliphatic heterocycles. The number of thiazole rings is 1. The molecule has 0 N–H and O–H groups in total. The average Bonchev–Trinajstić information content (AvgIpc) is 2.99. The van der Waals surface area contributed by atoms with Crippen molar-refractivity contribution in [1.29, 1.82) is 0 Å². The zero-order valence-electron chi connectivity index (χ0n) is 15.0. The summed E-state index contributed by atoms with van der Waals surface area (Å²) < 4.78 is 7.14. The van der Waals surface area contributed by atoms with E-state index >= 15 is 0 Å². The monoisotopic (exact) mass is 399 g/mol. The highest BCUT2D eigenvalue weighted by Crippen LogP contribution is 2.23. The molecular weight excluding hydrogens is 382 g/mol. The Bertz CT molecular complexity index is 1100. The van der Waals surface area contributed by atoms with E-state index in [4.69, 9.17) is 4.74 Å². The van der Waals surface area contributed by atoms with Gasteiger partial charge in [0.15, 0.2) is 4.80 Å². The molecule has 0 aliphatic carbocycles. The normalized spacial score (nSPS) is 11.5. The van der Waals surface area contributed by atoms with Crippen LogP contribution in [0.2, 0.25) is 0 Å². The van der Waals surface area contributed by atoms with Gasteiger partial charge < -0.3 is 9.30 Å². The van der Waals surface area contributed by atoms with Crippen molar-refractivity contribution in [3.05, 3.63) is 69.0 Å². The number of nitro groups is 1. The molecule has 144 valence electrons. The van der Waals surface area contributed by atoms with Crippen molar-refractivity contribution in [2.24, 2.45) is 4.99 Å². The zero-order chi connectivity index (χ0) is 20.1. The third-order valence-electron chi connectivity index (χ3n) is 3.89. The summed E-state index contributed by atoms with van der Waals surface area (Å²) in [6.45, 7) is 1.71. The van der Waals surface area contributed by atoms with Gasteiger partial charge in [0.1, 0.15) is 6.54 Å². The first-order valence-corrected chi connectivity index (χ1v) is 9.34. The molecule has 0 bridgehead atoms. The predicted octanol–water partition coefficient (Wildman–Crippen LogP) is 2.84. The number of hydrogen-bond acceptors (Lipinski definition) is 6. The summed E-state index contributed by atoms with van der Waals surface area (Å²) in [6.07, 6.45) is 0.120. The smallest absolute Gasteiger partial charge is 0.326 e. The largest absolute Gasteiger partial charge is 0.465 e. The molecule has 3 rings (SSSR count). The van der Waals surface area contributed by atoms with E-state index < -0.39 is 10.9 Å². The number of nitrogens with zero attached hydrogens (tertiary/aromatic N) is 3. The molecule has 8 nitrogen and oxygen atoms in total. The van der Waals surface area contributed by atoms with Crippen molar-refractivity contribution in [2.45, 2.75) is 19.9 Å². The molecular formula is C19H17N3O5S. The summed E-state index contributed by atoms with van der Waals surface area (Å²) in [6, 6.07) is 13.5. The number of carbonyl (C=O) groups excluding carboxylic acids is 2. The van der Waals surface area contributed by atoms with Crippen LogP contribution in [0.1, 0.15) is 12.5 Å². The summed E-state index contributed by atoms with van der Waals surface area (Å²) in [7, 11) is 0. The molecule has 1 amide bonds. The lowest BCUT2D eigenvalue weighted by molar-refractivity contribution is -0.384. The van der Waals surface area contributed by atoms with E-state index in [0.29, 0.717) is 15.0 Å². The van der Waals surface area contributed by atoms with E-state index in [9.17, 15) is 19.7 Å². The van der Waals surface area contributed by atoms with Gasteiger partial charge in [-0.3, -0.25) is 19.7 Å². The summed E-state index contributed by atoms with van der Waals surface area (Å²) in [5, 5.41) is 11.1. The number of esters is 1. The van der Waals surface area contributed by atoms with Crippen LogP contribution in [0.3, 0.4) is 0 Å². The Labute approximate surface area is 163 Å². The van der Waals surface area contributed by atoms with Gasteiger partial charge in [0, 0.05) is 12.1 Å². The number of hydrogen-bond donors (Lipinski definition) is 0. The van der Waals surface area contributed by atoms with Gasteiger partial charge in [0.05, 0.1) is 28.2 Å². The molecule has 0 fully saturated rings. The number of amides is 1. The van der Waals surface area contributed by atoms with Crippen LogP contribution in [0.25, 0.3) is 10.2 Å².